The van der Waals surface area contributed by atoms with E-state index in [0.29, 0.717) is 5.76 Å². The molecule has 1 heterocycles. The molecule has 0 radical (unpaired) electrons. The lowest BCUT2D eigenvalue weighted by Gasteiger charge is -2.11. The molecule has 0 bridgehead atoms. The minimum absolute atomic E-state index is 0.284. The van der Waals surface area contributed by atoms with E-state index in [0.717, 1.165) is 10.0 Å². The molecule has 0 aliphatic carbocycles. The lowest BCUT2D eigenvalue weighted by Crippen LogP contribution is -2.30. The molecule has 1 aromatic heterocycles. The number of rotatable bonds is 6. The zero-order valence-electron chi connectivity index (χ0n) is 12.5. The van der Waals surface area contributed by atoms with Crippen molar-refractivity contribution in [1.29, 1.82) is 0 Å². The highest BCUT2D eigenvalue weighted by Crippen LogP contribution is 2.13. The average Bonchev–Trinajstić information content (AvgIpc) is 3.05. The molecule has 1 aromatic carbocycles. The predicted octanol–water partition coefficient (Wildman–Crippen LogP) is 3.48. The Kier molecular flexibility index (Phi) is 6.17. The van der Waals surface area contributed by atoms with Gasteiger partial charge in [0.05, 0.1) is 12.3 Å². The molecular weight excluding hydrogens is 362 g/mol. The van der Waals surface area contributed by atoms with E-state index in [1.807, 2.05) is 24.3 Å². The van der Waals surface area contributed by atoms with Crippen molar-refractivity contribution in [2.75, 3.05) is 6.61 Å². The summed E-state index contributed by atoms with van der Waals surface area (Å²) in [5.41, 5.74) is 0.854. The summed E-state index contributed by atoms with van der Waals surface area (Å²) in [4.78, 5) is 23.3. The summed E-state index contributed by atoms with van der Waals surface area (Å²) < 4.78 is 11.0. The normalized spacial score (nSPS) is 12.1. The van der Waals surface area contributed by atoms with Crippen LogP contribution in [0.2, 0.25) is 0 Å². The van der Waals surface area contributed by atoms with Crippen LogP contribution in [-0.2, 0) is 14.3 Å². The number of carbonyl (C=O) groups is 2. The number of esters is 1. The highest BCUT2D eigenvalue weighted by molar-refractivity contribution is 9.10. The Morgan fingerprint density at radius 1 is 1.35 bits per heavy atom. The third kappa shape index (κ3) is 5.75. The van der Waals surface area contributed by atoms with Crippen LogP contribution < -0.4 is 5.32 Å². The van der Waals surface area contributed by atoms with E-state index >= 15 is 0 Å². The lowest BCUT2D eigenvalue weighted by molar-refractivity contribution is -0.144. The van der Waals surface area contributed by atoms with Gasteiger partial charge in [-0.25, -0.2) is 4.79 Å². The van der Waals surface area contributed by atoms with Crippen LogP contribution in [0.1, 0.15) is 24.3 Å². The van der Waals surface area contributed by atoms with E-state index in [4.69, 9.17) is 9.15 Å². The summed E-state index contributed by atoms with van der Waals surface area (Å²) in [6, 6.07) is 10.7. The van der Waals surface area contributed by atoms with Crippen LogP contribution in [0.4, 0.5) is 0 Å². The van der Waals surface area contributed by atoms with Gasteiger partial charge in [-0.3, -0.25) is 4.79 Å². The number of halogens is 1. The van der Waals surface area contributed by atoms with Gasteiger partial charge in [0.15, 0.2) is 6.61 Å². The Morgan fingerprint density at radius 3 is 2.87 bits per heavy atom. The molecule has 0 fully saturated rings. The topological polar surface area (TPSA) is 68.5 Å². The fourth-order valence-corrected chi connectivity index (χ4v) is 2.27. The van der Waals surface area contributed by atoms with Gasteiger partial charge in [-0.05, 0) is 42.8 Å². The van der Waals surface area contributed by atoms with E-state index in [1.54, 1.807) is 25.1 Å². The second kappa shape index (κ2) is 8.33. The van der Waals surface area contributed by atoms with Gasteiger partial charge in [-0.15, -0.1) is 0 Å². The van der Waals surface area contributed by atoms with Gasteiger partial charge in [-0.1, -0.05) is 28.1 Å². The smallest absolute Gasteiger partial charge is 0.331 e. The maximum atomic E-state index is 11.7. The van der Waals surface area contributed by atoms with Crippen molar-refractivity contribution in [3.63, 3.8) is 0 Å². The molecule has 0 aliphatic rings. The minimum atomic E-state index is -0.578. The number of amides is 1. The third-order valence-electron chi connectivity index (χ3n) is 2.95. The maximum absolute atomic E-state index is 11.7. The Labute approximate surface area is 142 Å². The number of ether oxygens (including phenoxy) is 1. The molecule has 0 unspecified atom stereocenters. The molecule has 0 saturated heterocycles. The molecule has 120 valence electrons. The van der Waals surface area contributed by atoms with Gasteiger partial charge in [0, 0.05) is 10.5 Å². The van der Waals surface area contributed by atoms with E-state index < -0.39 is 11.9 Å². The Morgan fingerprint density at radius 2 is 2.17 bits per heavy atom. The molecule has 1 N–H and O–H groups in total. The molecule has 0 spiro atoms. The largest absolute Gasteiger partial charge is 0.467 e. The molecule has 5 nitrogen and oxygen atoms in total. The van der Waals surface area contributed by atoms with Crippen molar-refractivity contribution >= 4 is 33.9 Å². The molecule has 2 rings (SSSR count). The van der Waals surface area contributed by atoms with Crippen molar-refractivity contribution in [1.82, 2.24) is 5.32 Å². The van der Waals surface area contributed by atoms with Crippen molar-refractivity contribution in [3.8, 4) is 0 Å². The fraction of sp³-hybridized carbons (Fsp3) is 0.176. The summed E-state index contributed by atoms with van der Waals surface area (Å²) in [6.07, 6.45) is 4.44. The molecule has 6 heteroatoms. The summed E-state index contributed by atoms with van der Waals surface area (Å²) in [6.45, 7) is 1.44. The molecular formula is C17H16BrNO4. The van der Waals surface area contributed by atoms with Crippen LogP contribution >= 0.6 is 15.9 Å². The van der Waals surface area contributed by atoms with Crippen LogP contribution in [0.15, 0.2) is 57.6 Å². The Bertz CT molecular complexity index is 694. The zero-order valence-corrected chi connectivity index (χ0v) is 14.1. The van der Waals surface area contributed by atoms with Gasteiger partial charge in [0.2, 0.25) is 0 Å². The lowest BCUT2D eigenvalue weighted by atomic mass is 10.2. The van der Waals surface area contributed by atoms with Gasteiger partial charge in [-0.2, -0.15) is 0 Å². The molecule has 0 aliphatic heterocycles. The van der Waals surface area contributed by atoms with Crippen LogP contribution in [0.5, 0.6) is 0 Å². The summed E-state index contributed by atoms with van der Waals surface area (Å²) >= 11 is 3.35. The van der Waals surface area contributed by atoms with Crippen molar-refractivity contribution < 1.29 is 18.7 Å². The Hall–Kier alpha value is -2.34. The van der Waals surface area contributed by atoms with E-state index in [2.05, 4.69) is 21.2 Å². The van der Waals surface area contributed by atoms with Crippen LogP contribution in [-0.4, -0.2) is 18.5 Å². The average molecular weight is 378 g/mol. The van der Waals surface area contributed by atoms with Gasteiger partial charge in [0.25, 0.3) is 5.91 Å². The quantitative estimate of drug-likeness (QED) is 0.617. The van der Waals surface area contributed by atoms with Crippen molar-refractivity contribution in [3.05, 3.63) is 64.5 Å². The first-order valence-electron chi connectivity index (χ1n) is 6.98. The number of furan rings is 1. The molecule has 23 heavy (non-hydrogen) atoms. The first-order chi connectivity index (χ1) is 11.0. The number of hydrogen-bond acceptors (Lipinski definition) is 4. The highest BCUT2D eigenvalue weighted by Gasteiger charge is 2.12. The SMILES string of the molecule is C[C@H](NC(=O)COC(=O)/C=C/c1cccc(Br)c1)c1ccco1. The first kappa shape index (κ1) is 17.0. The Balaban J connectivity index is 1.76. The fourth-order valence-electron chi connectivity index (χ4n) is 1.85. The van der Waals surface area contributed by atoms with Crippen molar-refractivity contribution in [2.45, 2.75) is 13.0 Å². The standard InChI is InChI=1S/C17H16BrNO4/c1-12(15-6-3-9-22-15)19-16(20)11-23-17(21)8-7-13-4-2-5-14(18)10-13/h2-10,12H,11H2,1H3,(H,19,20)/b8-7+/t12-/m0/s1. The second-order valence-corrected chi connectivity index (χ2v) is 5.72. The van der Waals surface area contributed by atoms with Gasteiger partial charge >= 0.3 is 5.97 Å². The van der Waals surface area contributed by atoms with E-state index in [9.17, 15) is 9.59 Å². The number of carbonyl (C=O) groups excluding carboxylic acids is 2. The van der Waals surface area contributed by atoms with Crippen LogP contribution in [0.25, 0.3) is 6.08 Å². The monoisotopic (exact) mass is 377 g/mol. The highest BCUT2D eigenvalue weighted by atomic mass is 79.9. The minimum Gasteiger partial charge on any atom is -0.467 e. The number of nitrogens with one attached hydrogen (secondary N) is 1. The summed E-state index contributed by atoms with van der Waals surface area (Å²) in [7, 11) is 0. The van der Waals surface area contributed by atoms with Crippen LogP contribution in [0.3, 0.4) is 0 Å². The maximum Gasteiger partial charge on any atom is 0.331 e. The third-order valence-corrected chi connectivity index (χ3v) is 3.45. The zero-order chi connectivity index (χ0) is 16.7. The van der Waals surface area contributed by atoms with Crippen LogP contribution in [0, 0.1) is 0 Å². The number of hydrogen-bond donors (Lipinski definition) is 1. The predicted molar refractivity (Wildman–Crippen MR) is 89.4 cm³/mol. The molecule has 0 saturated carbocycles. The van der Waals surface area contributed by atoms with Crippen molar-refractivity contribution in [2.24, 2.45) is 0 Å². The first-order valence-corrected chi connectivity index (χ1v) is 7.77. The molecule has 1 atom stereocenters. The van der Waals surface area contributed by atoms with E-state index in [1.165, 1.54) is 12.3 Å². The van der Waals surface area contributed by atoms with Gasteiger partial charge < -0.3 is 14.5 Å². The summed E-state index contributed by atoms with van der Waals surface area (Å²) in [5.74, 6) is -0.330. The van der Waals surface area contributed by atoms with E-state index in [-0.39, 0.29) is 12.6 Å². The second-order valence-electron chi connectivity index (χ2n) is 4.80. The molecule has 1 amide bonds. The summed E-state index contributed by atoms with van der Waals surface area (Å²) in [5, 5.41) is 2.68. The van der Waals surface area contributed by atoms with Gasteiger partial charge in [0.1, 0.15) is 5.76 Å². The number of benzene rings is 1. The molecule has 2 aromatic rings.